The van der Waals surface area contributed by atoms with Gasteiger partial charge in [0.1, 0.15) is 16.7 Å². The Kier molecular flexibility index (Phi) is 4.74. The van der Waals surface area contributed by atoms with Gasteiger partial charge in [0.25, 0.3) is 5.56 Å². The van der Waals surface area contributed by atoms with Crippen molar-refractivity contribution >= 4 is 27.2 Å². The number of halogens is 1. The number of H-pyrrole nitrogens is 1. The van der Waals surface area contributed by atoms with Gasteiger partial charge in [-0.25, -0.2) is 9.37 Å². The van der Waals surface area contributed by atoms with Crippen LogP contribution in [0.4, 0.5) is 10.1 Å². The number of aromatic nitrogens is 2. The number of quaternary nitrogens is 1. The van der Waals surface area contributed by atoms with Gasteiger partial charge in [0.15, 0.2) is 5.82 Å². The van der Waals surface area contributed by atoms with Crippen molar-refractivity contribution in [3.05, 3.63) is 56.7 Å². The van der Waals surface area contributed by atoms with Crippen molar-refractivity contribution in [2.75, 3.05) is 31.1 Å². The van der Waals surface area contributed by atoms with Gasteiger partial charge in [0, 0.05) is 4.88 Å². The molecule has 1 aromatic carbocycles. The Hall–Kier alpha value is -2.25. The lowest BCUT2D eigenvalue weighted by Gasteiger charge is -2.36. The minimum Gasteiger partial charge on any atom is -0.358 e. The molecule has 0 amide bonds. The number of rotatable bonds is 3. The Morgan fingerprint density at radius 1 is 1.26 bits per heavy atom. The highest BCUT2D eigenvalue weighted by Crippen LogP contribution is 2.26. The van der Waals surface area contributed by atoms with E-state index in [-0.39, 0.29) is 17.4 Å². The van der Waals surface area contributed by atoms with Crippen LogP contribution in [0.5, 0.6) is 0 Å². The first kappa shape index (κ1) is 18.1. The monoisotopic (exact) mass is 387 g/mol. The third kappa shape index (κ3) is 3.26. The molecule has 1 aliphatic rings. The van der Waals surface area contributed by atoms with Crippen LogP contribution in [0.2, 0.25) is 0 Å². The molecule has 1 fully saturated rings. The Balaban J connectivity index is 1.53. The lowest BCUT2D eigenvalue weighted by molar-refractivity contribution is -0.930. The standard InChI is InChI=1S/C20H23FN4OS/c1-12-14(3)27-20-17(12)19(26)22-18(23-20)13(2)24-8-10-25(11-9-24)16-7-5-4-6-15(16)21/h4-7,13H,8-11H2,1-3H3,(H,22,23,26)/p+1/t13-/m0/s1. The van der Waals surface area contributed by atoms with E-state index in [4.69, 9.17) is 4.98 Å². The summed E-state index contributed by atoms with van der Waals surface area (Å²) in [7, 11) is 0. The minimum absolute atomic E-state index is 0.0481. The van der Waals surface area contributed by atoms with E-state index in [1.807, 2.05) is 26.0 Å². The Morgan fingerprint density at radius 2 is 1.96 bits per heavy atom. The fourth-order valence-corrected chi connectivity index (χ4v) is 4.88. The van der Waals surface area contributed by atoms with Gasteiger partial charge < -0.3 is 14.8 Å². The number of nitrogens with one attached hydrogen (secondary N) is 2. The van der Waals surface area contributed by atoms with Crippen LogP contribution in [-0.2, 0) is 0 Å². The average molecular weight is 388 g/mol. The molecule has 2 N–H and O–H groups in total. The first-order chi connectivity index (χ1) is 13.0. The summed E-state index contributed by atoms with van der Waals surface area (Å²) < 4.78 is 14.0. The van der Waals surface area contributed by atoms with Crippen molar-refractivity contribution in [1.29, 1.82) is 0 Å². The molecule has 7 heteroatoms. The summed E-state index contributed by atoms with van der Waals surface area (Å²) in [6, 6.07) is 7.01. The number of piperazine rings is 1. The summed E-state index contributed by atoms with van der Waals surface area (Å²) in [6.45, 7) is 9.42. The highest BCUT2D eigenvalue weighted by molar-refractivity contribution is 7.18. The van der Waals surface area contributed by atoms with Crippen LogP contribution in [0.1, 0.15) is 29.2 Å². The summed E-state index contributed by atoms with van der Waals surface area (Å²) in [6.07, 6.45) is 0. The predicted octanol–water partition coefficient (Wildman–Crippen LogP) is 2.21. The van der Waals surface area contributed by atoms with Crippen LogP contribution in [0.3, 0.4) is 0 Å². The van der Waals surface area contributed by atoms with Crippen LogP contribution in [0, 0.1) is 19.7 Å². The van der Waals surface area contributed by atoms with Gasteiger partial charge in [0.05, 0.1) is 37.3 Å². The third-order valence-electron chi connectivity index (χ3n) is 5.68. The van der Waals surface area contributed by atoms with Crippen LogP contribution >= 0.6 is 11.3 Å². The number of hydrogen-bond donors (Lipinski definition) is 2. The molecular formula is C20H24FN4OS+. The molecule has 3 aromatic rings. The van der Waals surface area contributed by atoms with Crippen molar-refractivity contribution in [2.24, 2.45) is 0 Å². The molecule has 3 heterocycles. The molecule has 2 aromatic heterocycles. The highest BCUT2D eigenvalue weighted by atomic mass is 32.1. The fourth-order valence-electron chi connectivity index (χ4n) is 3.85. The molecule has 1 aliphatic heterocycles. The number of aryl methyl sites for hydroxylation is 2. The van der Waals surface area contributed by atoms with Gasteiger partial charge in [-0.3, -0.25) is 4.79 Å². The van der Waals surface area contributed by atoms with Crippen LogP contribution in [0.15, 0.2) is 29.1 Å². The lowest BCUT2D eigenvalue weighted by Crippen LogP contribution is -3.14. The predicted molar refractivity (Wildman–Crippen MR) is 107 cm³/mol. The molecule has 0 saturated carbocycles. The smallest absolute Gasteiger partial charge is 0.260 e. The largest absolute Gasteiger partial charge is 0.358 e. The summed E-state index contributed by atoms with van der Waals surface area (Å²) in [5, 5.41) is 0.716. The van der Waals surface area contributed by atoms with Gasteiger partial charge in [0.2, 0.25) is 0 Å². The first-order valence-corrected chi connectivity index (χ1v) is 10.1. The highest BCUT2D eigenvalue weighted by Gasteiger charge is 2.28. The van der Waals surface area contributed by atoms with E-state index in [1.54, 1.807) is 17.4 Å². The van der Waals surface area contributed by atoms with Crippen molar-refractivity contribution in [3.63, 3.8) is 0 Å². The normalized spacial score (nSPS) is 16.8. The summed E-state index contributed by atoms with van der Waals surface area (Å²) >= 11 is 1.58. The molecule has 0 spiro atoms. The van der Waals surface area contributed by atoms with E-state index in [0.29, 0.717) is 11.1 Å². The van der Waals surface area contributed by atoms with Gasteiger partial charge in [-0.2, -0.15) is 0 Å². The fraction of sp³-hybridized carbons (Fsp3) is 0.400. The van der Waals surface area contributed by atoms with E-state index in [9.17, 15) is 9.18 Å². The van der Waals surface area contributed by atoms with Gasteiger partial charge >= 0.3 is 0 Å². The summed E-state index contributed by atoms with van der Waals surface area (Å²) in [5.41, 5.74) is 1.64. The number of benzene rings is 1. The maximum absolute atomic E-state index is 14.0. The Labute approximate surface area is 161 Å². The van der Waals surface area contributed by atoms with Crippen LogP contribution in [-0.4, -0.2) is 36.1 Å². The number of hydrogen-bond acceptors (Lipinski definition) is 4. The summed E-state index contributed by atoms with van der Waals surface area (Å²) in [5.74, 6) is 0.567. The average Bonchev–Trinajstić information content (AvgIpc) is 2.96. The van der Waals surface area contributed by atoms with Crippen molar-refractivity contribution < 1.29 is 9.29 Å². The van der Waals surface area contributed by atoms with E-state index >= 15 is 0 Å². The zero-order chi connectivity index (χ0) is 19.1. The minimum atomic E-state index is -0.172. The second-order valence-electron chi connectivity index (χ2n) is 7.23. The maximum Gasteiger partial charge on any atom is 0.260 e. The number of fused-ring (bicyclic) bond motifs is 1. The molecule has 0 radical (unpaired) electrons. The van der Waals surface area contributed by atoms with Crippen molar-refractivity contribution in [2.45, 2.75) is 26.8 Å². The SMILES string of the molecule is Cc1sc2nc([C@H](C)[NH+]3CCN(c4ccccc4F)CC3)[nH]c(=O)c2c1C. The number of nitrogens with zero attached hydrogens (tertiary/aromatic N) is 2. The molecule has 0 aliphatic carbocycles. The third-order valence-corrected chi connectivity index (χ3v) is 6.78. The second kappa shape index (κ2) is 7.05. The second-order valence-corrected chi connectivity index (χ2v) is 8.44. The van der Waals surface area contributed by atoms with E-state index in [1.165, 1.54) is 11.0 Å². The topological polar surface area (TPSA) is 53.4 Å². The molecule has 1 saturated heterocycles. The molecule has 0 unspecified atom stereocenters. The van der Waals surface area contributed by atoms with E-state index in [0.717, 1.165) is 47.3 Å². The van der Waals surface area contributed by atoms with Gasteiger partial charge in [-0.05, 0) is 38.5 Å². The van der Waals surface area contributed by atoms with Crippen molar-refractivity contribution in [1.82, 2.24) is 9.97 Å². The molecular weight excluding hydrogens is 363 g/mol. The molecule has 4 rings (SSSR count). The number of thiophene rings is 1. The van der Waals surface area contributed by atoms with Gasteiger partial charge in [-0.15, -0.1) is 11.3 Å². The van der Waals surface area contributed by atoms with Gasteiger partial charge in [-0.1, -0.05) is 12.1 Å². The van der Waals surface area contributed by atoms with Crippen LogP contribution < -0.4 is 15.4 Å². The van der Waals surface area contributed by atoms with Crippen LogP contribution in [0.25, 0.3) is 10.2 Å². The Morgan fingerprint density at radius 3 is 2.67 bits per heavy atom. The van der Waals surface area contributed by atoms with Crippen molar-refractivity contribution in [3.8, 4) is 0 Å². The number of aromatic amines is 1. The van der Waals surface area contributed by atoms with E-state index in [2.05, 4.69) is 16.8 Å². The molecule has 5 nitrogen and oxygen atoms in total. The Bertz CT molecular complexity index is 1040. The first-order valence-electron chi connectivity index (χ1n) is 9.29. The quantitative estimate of drug-likeness (QED) is 0.725. The molecule has 27 heavy (non-hydrogen) atoms. The maximum atomic E-state index is 14.0. The van der Waals surface area contributed by atoms with E-state index < -0.39 is 0 Å². The zero-order valence-electron chi connectivity index (χ0n) is 15.8. The zero-order valence-corrected chi connectivity index (χ0v) is 16.6. The molecule has 1 atom stereocenters. The molecule has 142 valence electrons. The number of para-hydroxylation sites is 1. The summed E-state index contributed by atoms with van der Waals surface area (Å²) in [4.78, 5) is 25.7. The lowest BCUT2D eigenvalue weighted by atomic mass is 10.2. The molecule has 0 bridgehead atoms. The number of anilines is 1.